The van der Waals surface area contributed by atoms with Crippen LogP contribution in [0.1, 0.15) is 33.1 Å². The predicted octanol–water partition coefficient (Wildman–Crippen LogP) is 1.71. The van der Waals surface area contributed by atoms with Crippen LogP contribution in [-0.4, -0.2) is 24.4 Å². The van der Waals surface area contributed by atoms with E-state index in [-0.39, 0.29) is 5.92 Å². The smallest absolute Gasteiger partial charge is 0.107 e. The van der Waals surface area contributed by atoms with Crippen molar-refractivity contribution in [2.24, 2.45) is 11.3 Å². The topological polar surface area (TPSA) is 53.2 Å². The summed E-state index contributed by atoms with van der Waals surface area (Å²) in [5.41, 5.74) is -0.659. The highest BCUT2D eigenvalue weighted by atomic mass is 16.5. The van der Waals surface area contributed by atoms with Gasteiger partial charge in [-0.2, -0.15) is 5.26 Å². The summed E-state index contributed by atoms with van der Waals surface area (Å²) < 4.78 is 5.31. The van der Waals surface area contributed by atoms with Crippen molar-refractivity contribution in [1.82, 2.24) is 0 Å². The summed E-state index contributed by atoms with van der Waals surface area (Å²) in [6.07, 6.45) is 1.97. The molecule has 1 fully saturated rings. The molecule has 3 atom stereocenters. The number of nitrogens with zero attached hydrogens (tertiary/aromatic N) is 1. The second-order valence-corrected chi connectivity index (χ2v) is 4.25. The summed E-state index contributed by atoms with van der Waals surface area (Å²) >= 11 is 0. The monoisotopic (exact) mass is 197 g/mol. The van der Waals surface area contributed by atoms with Gasteiger partial charge in [-0.3, -0.25) is 0 Å². The van der Waals surface area contributed by atoms with Crippen molar-refractivity contribution in [2.75, 3.05) is 13.2 Å². The van der Waals surface area contributed by atoms with E-state index < -0.39 is 11.5 Å². The zero-order valence-corrected chi connectivity index (χ0v) is 8.99. The molecule has 3 nitrogen and oxygen atoms in total. The Morgan fingerprint density at radius 2 is 2.36 bits per heavy atom. The van der Waals surface area contributed by atoms with Crippen molar-refractivity contribution < 1.29 is 9.84 Å². The number of rotatable bonds is 3. The van der Waals surface area contributed by atoms with Crippen molar-refractivity contribution in [3.63, 3.8) is 0 Å². The Morgan fingerprint density at radius 1 is 1.64 bits per heavy atom. The molecule has 1 saturated heterocycles. The van der Waals surface area contributed by atoms with E-state index in [1.54, 1.807) is 0 Å². The molecule has 0 aliphatic carbocycles. The minimum atomic E-state index is -0.659. The van der Waals surface area contributed by atoms with Gasteiger partial charge in [0, 0.05) is 6.61 Å². The fourth-order valence-corrected chi connectivity index (χ4v) is 1.97. The Hall–Kier alpha value is -0.590. The van der Waals surface area contributed by atoms with Crippen LogP contribution < -0.4 is 0 Å². The van der Waals surface area contributed by atoms with Crippen molar-refractivity contribution >= 4 is 0 Å². The molecule has 1 heterocycles. The quantitative estimate of drug-likeness (QED) is 0.749. The summed E-state index contributed by atoms with van der Waals surface area (Å²) in [4.78, 5) is 0. The maximum Gasteiger partial charge on any atom is 0.107 e. The first kappa shape index (κ1) is 11.5. The van der Waals surface area contributed by atoms with Crippen LogP contribution in [0.2, 0.25) is 0 Å². The molecular formula is C11H19NO2. The highest BCUT2D eigenvalue weighted by Crippen LogP contribution is 2.35. The summed E-state index contributed by atoms with van der Waals surface area (Å²) in [7, 11) is 0. The van der Waals surface area contributed by atoms with E-state index in [4.69, 9.17) is 10.00 Å². The van der Waals surface area contributed by atoms with Crippen LogP contribution in [0.5, 0.6) is 0 Å². The second kappa shape index (κ2) is 4.77. The van der Waals surface area contributed by atoms with Crippen molar-refractivity contribution in [1.29, 1.82) is 5.26 Å². The van der Waals surface area contributed by atoms with Crippen molar-refractivity contribution in [3.8, 4) is 6.07 Å². The number of hydrogen-bond donors (Lipinski definition) is 1. The van der Waals surface area contributed by atoms with Crippen LogP contribution in [0.15, 0.2) is 0 Å². The van der Waals surface area contributed by atoms with Crippen LogP contribution in [0.4, 0.5) is 0 Å². The van der Waals surface area contributed by atoms with Gasteiger partial charge in [-0.1, -0.05) is 20.3 Å². The van der Waals surface area contributed by atoms with Crippen LogP contribution in [0.3, 0.4) is 0 Å². The van der Waals surface area contributed by atoms with Gasteiger partial charge < -0.3 is 9.84 Å². The van der Waals surface area contributed by atoms with Crippen LogP contribution in [-0.2, 0) is 4.74 Å². The Kier molecular flexibility index (Phi) is 3.91. The molecule has 0 amide bonds. The van der Waals surface area contributed by atoms with E-state index in [2.05, 4.69) is 6.07 Å². The van der Waals surface area contributed by atoms with Crippen LogP contribution in [0, 0.1) is 22.7 Å². The van der Waals surface area contributed by atoms with Gasteiger partial charge in [0.2, 0.25) is 0 Å². The summed E-state index contributed by atoms with van der Waals surface area (Å²) in [6, 6.07) is 2.26. The van der Waals surface area contributed by atoms with Gasteiger partial charge in [-0.15, -0.1) is 0 Å². The maximum atomic E-state index is 10.1. The molecule has 3 unspecified atom stereocenters. The van der Waals surface area contributed by atoms with Crippen molar-refractivity contribution in [3.05, 3.63) is 0 Å². The van der Waals surface area contributed by atoms with E-state index >= 15 is 0 Å². The molecule has 3 heteroatoms. The Balaban J connectivity index is 2.73. The second-order valence-electron chi connectivity index (χ2n) is 4.25. The van der Waals surface area contributed by atoms with Gasteiger partial charge in [0.1, 0.15) is 5.41 Å². The largest absolute Gasteiger partial charge is 0.391 e. The van der Waals surface area contributed by atoms with Gasteiger partial charge >= 0.3 is 0 Å². The third-order valence-corrected chi connectivity index (χ3v) is 3.24. The summed E-state index contributed by atoms with van der Waals surface area (Å²) in [6.45, 7) is 5.12. The molecule has 0 bridgehead atoms. The molecule has 1 aliphatic rings. The van der Waals surface area contributed by atoms with Crippen LogP contribution in [0.25, 0.3) is 0 Å². The summed E-state index contributed by atoms with van der Waals surface area (Å²) in [5.74, 6) is 0.163. The number of aliphatic hydroxyl groups is 1. The maximum absolute atomic E-state index is 10.1. The van der Waals surface area contributed by atoms with E-state index in [0.717, 1.165) is 25.9 Å². The van der Waals surface area contributed by atoms with E-state index in [1.807, 2.05) is 13.8 Å². The fraction of sp³-hybridized carbons (Fsp3) is 0.909. The van der Waals surface area contributed by atoms with Crippen LogP contribution >= 0.6 is 0 Å². The predicted molar refractivity (Wildman–Crippen MR) is 53.6 cm³/mol. The third-order valence-electron chi connectivity index (χ3n) is 3.24. The molecule has 1 rings (SSSR count). The van der Waals surface area contributed by atoms with E-state index in [9.17, 15) is 5.11 Å². The number of nitriles is 1. The molecule has 0 aromatic rings. The van der Waals surface area contributed by atoms with Gasteiger partial charge in [-0.05, 0) is 18.8 Å². The lowest BCUT2D eigenvalue weighted by Gasteiger charge is -2.37. The zero-order valence-electron chi connectivity index (χ0n) is 8.99. The van der Waals surface area contributed by atoms with Gasteiger partial charge in [0.05, 0.1) is 18.8 Å². The molecule has 1 aliphatic heterocycles. The highest BCUT2D eigenvalue weighted by Gasteiger charge is 2.42. The number of ether oxygens (including phenoxy) is 1. The molecular weight excluding hydrogens is 178 g/mol. The lowest BCUT2D eigenvalue weighted by molar-refractivity contribution is -0.0693. The number of hydrogen-bond acceptors (Lipinski definition) is 3. The lowest BCUT2D eigenvalue weighted by Crippen LogP contribution is -2.44. The average Bonchev–Trinajstić information content (AvgIpc) is 2.28. The lowest BCUT2D eigenvalue weighted by atomic mass is 9.74. The molecule has 1 N–H and O–H groups in total. The van der Waals surface area contributed by atoms with Gasteiger partial charge in [-0.25, -0.2) is 0 Å². The molecule has 0 saturated carbocycles. The SMILES string of the molecule is CCC(C)C(O)C1(C#N)CCCOC1. The molecule has 0 aromatic heterocycles. The third kappa shape index (κ3) is 2.08. The highest BCUT2D eigenvalue weighted by molar-refractivity contribution is 5.06. The Morgan fingerprint density at radius 3 is 2.79 bits per heavy atom. The standard InChI is InChI=1S/C11H19NO2/c1-3-9(2)10(13)11(7-12)5-4-6-14-8-11/h9-10,13H,3-6,8H2,1-2H3. The molecule has 14 heavy (non-hydrogen) atoms. The first-order chi connectivity index (χ1) is 6.66. The fourth-order valence-electron chi connectivity index (χ4n) is 1.97. The molecule has 0 aromatic carbocycles. The van der Waals surface area contributed by atoms with E-state index in [1.165, 1.54) is 0 Å². The molecule has 0 radical (unpaired) electrons. The normalized spacial score (nSPS) is 31.9. The minimum absolute atomic E-state index is 0.163. The van der Waals surface area contributed by atoms with E-state index in [0.29, 0.717) is 6.61 Å². The van der Waals surface area contributed by atoms with Gasteiger partial charge in [0.25, 0.3) is 0 Å². The van der Waals surface area contributed by atoms with Crippen molar-refractivity contribution in [2.45, 2.75) is 39.2 Å². The number of aliphatic hydroxyl groups excluding tert-OH is 1. The molecule has 0 spiro atoms. The summed E-state index contributed by atoms with van der Waals surface area (Å²) in [5, 5.41) is 19.3. The first-order valence-corrected chi connectivity index (χ1v) is 5.33. The Bertz CT molecular complexity index is 216. The zero-order chi connectivity index (χ0) is 10.6. The average molecular weight is 197 g/mol. The van der Waals surface area contributed by atoms with Gasteiger partial charge in [0.15, 0.2) is 0 Å². The molecule has 80 valence electrons. The Labute approximate surface area is 85.7 Å². The minimum Gasteiger partial charge on any atom is -0.391 e. The first-order valence-electron chi connectivity index (χ1n) is 5.33.